The quantitative estimate of drug-likeness (QED) is 0.399. The van der Waals surface area contributed by atoms with Crippen molar-refractivity contribution < 1.29 is 18.3 Å². The molecule has 0 aliphatic heterocycles. The van der Waals surface area contributed by atoms with Crippen LogP contribution >= 0.6 is 0 Å². The standard InChI is InChI=1S/C23H19F3N4O/c24-15-6-9-18(27-12-15)29-22(31)23(10-1-11-23)14-4-2-13(3-5-14)21-28-17-8-7-16(25)19(26)20(17)30-21/h2-9,12,22,31H,1,10-11H2,(H,27,29)(H,28,30). The van der Waals surface area contributed by atoms with Crippen molar-refractivity contribution in [1.82, 2.24) is 15.0 Å². The van der Waals surface area contributed by atoms with E-state index in [1.54, 1.807) is 0 Å². The Hall–Kier alpha value is -3.39. The number of aromatic nitrogens is 3. The molecule has 1 aliphatic carbocycles. The molecule has 1 aliphatic rings. The lowest BCUT2D eigenvalue weighted by molar-refractivity contribution is 0.0484. The molecule has 4 aromatic rings. The van der Waals surface area contributed by atoms with Gasteiger partial charge >= 0.3 is 0 Å². The van der Waals surface area contributed by atoms with Gasteiger partial charge in [0, 0.05) is 11.0 Å². The highest BCUT2D eigenvalue weighted by molar-refractivity contribution is 5.80. The Bertz CT molecular complexity index is 1230. The lowest BCUT2D eigenvalue weighted by Gasteiger charge is -2.46. The van der Waals surface area contributed by atoms with Gasteiger partial charge in [-0.05, 0) is 42.7 Å². The smallest absolute Gasteiger partial charge is 0.184 e. The fraction of sp³-hybridized carbons (Fsp3) is 0.217. The molecule has 1 fully saturated rings. The number of hydrogen-bond donors (Lipinski definition) is 3. The van der Waals surface area contributed by atoms with Crippen LogP contribution < -0.4 is 5.32 Å². The van der Waals surface area contributed by atoms with Crippen LogP contribution in [0, 0.1) is 17.5 Å². The summed E-state index contributed by atoms with van der Waals surface area (Å²) < 4.78 is 40.5. The maximum absolute atomic E-state index is 14.0. The van der Waals surface area contributed by atoms with Crippen molar-refractivity contribution in [3.05, 3.63) is 77.7 Å². The van der Waals surface area contributed by atoms with Gasteiger partial charge in [-0.1, -0.05) is 30.7 Å². The molecule has 31 heavy (non-hydrogen) atoms. The van der Waals surface area contributed by atoms with E-state index in [0.29, 0.717) is 17.2 Å². The second-order valence-electron chi connectivity index (χ2n) is 7.84. The molecule has 158 valence electrons. The van der Waals surface area contributed by atoms with Crippen LogP contribution in [-0.4, -0.2) is 26.3 Å². The van der Waals surface area contributed by atoms with Crippen molar-refractivity contribution in [3.8, 4) is 11.4 Å². The number of pyridine rings is 1. The number of nitrogens with zero attached hydrogens (tertiary/aromatic N) is 2. The van der Waals surface area contributed by atoms with Crippen molar-refractivity contribution in [3.63, 3.8) is 0 Å². The third-order valence-electron chi connectivity index (χ3n) is 6.06. The summed E-state index contributed by atoms with van der Waals surface area (Å²) in [4.78, 5) is 11.1. The van der Waals surface area contributed by atoms with E-state index < -0.39 is 29.1 Å². The number of nitrogens with one attached hydrogen (secondary N) is 2. The molecule has 5 nitrogen and oxygen atoms in total. The van der Waals surface area contributed by atoms with E-state index in [-0.39, 0.29) is 5.52 Å². The van der Waals surface area contributed by atoms with E-state index in [1.807, 2.05) is 24.3 Å². The fourth-order valence-corrected chi connectivity index (χ4v) is 4.13. The minimum atomic E-state index is -0.954. The van der Waals surface area contributed by atoms with E-state index in [4.69, 9.17) is 0 Å². The maximum atomic E-state index is 14.0. The van der Waals surface area contributed by atoms with Crippen LogP contribution in [-0.2, 0) is 5.41 Å². The summed E-state index contributed by atoms with van der Waals surface area (Å²) in [6, 6.07) is 12.7. The Morgan fingerprint density at radius 3 is 2.42 bits per heavy atom. The maximum Gasteiger partial charge on any atom is 0.184 e. The Morgan fingerprint density at radius 2 is 1.77 bits per heavy atom. The molecule has 3 N–H and O–H groups in total. The molecule has 0 saturated heterocycles. The summed E-state index contributed by atoms with van der Waals surface area (Å²) in [6.45, 7) is 0. The van der Waals surface area contributed by atoms with Crippen LogP contribution in [0.4, 0.5) is 19.0 Å². The summed E-state index contributed by atoms with van der Waals surface area (Å²) >= 11 is 0. The van der Waals surface area contributed by atoms with Crippen LogP contribution in [0.1, 0.15) is 24.8 Å². The van der Waals surface area contributed by atoms with Gasteiger partial charge in [-0.3, -0.25) is 0 Å². The fourth-order valence-electron chi connectivity index (χ4n) is 4.13. The highest BCUT2D eigenvalue weighted by Crippen LogP contribution is 2.46. The summed E-state index contributed by atoms with van der Waals surface area (Å²) in [5.41, 5.74) is 1.55. The lowest BCUT2D eigenvalue weighted by atomic mass is 9.63. The van der Waals surface area contributed by atoms with Gasteiger partial charge in [0.05, 0.1) is 11.7 Å². The first kappa shape index (κ1) is 19.6. The van der Waals surface area contributed by atoms with Gasteiger partial charge in [-0.2, -0.15) is 0 Å². The number of aliphatic hydroxyl groups is 1. The molecule has 1 saturated carbocycles. The number of aliphatic hydroxyl groups excluding tert-OH is 1. The molecule has 0 radical (unpaired) electrons. The average Bonchev–Trinajstić information content (AvgIpc) is 3.17. The summed E-state index contributed by atoms with van der Waals surface area (Å²) in [5, 5.41) is 13.9. The Kier molecular flexibility index (Phi) is 4.66. The largest absolute Gasteiger partial charge is 0.373 e. The molecular formula is C23H19F3N4O. The predicted molar refractivity (Wildman–Crippen MR) is 111 cm³/mol. The van der Waals surface area contributed by atoms with E-state index in [2.05, 4.69) is 20.3 Å². The first-order valence-corrected chi connectivity index (χ1v) is 9.97. The van der Waals surface area contributed by atoms with E-state index in [0.717, 1.165) is 42.7 Å². The van der Waals surface area contributed by atoms with Crippen LogP contribution in [0.3, 0.4) is 0 Å². The summed E-state index contributed by atoms with van der Waals surface area (Å²) in [7, 11) is 0. The zero-order chi connectivity index (χ0) is 21.6. The third kappa shape index (κ3) is 3.33. The second kappa shape index (κ2) is 7.39. The molecule has 5 rings (SSSR count). The zero-order valence-electron chi connectivity index (χ0n) is 16.4. The van der Waals surface area contributed by atoms with Crippen LogP contribution in [0.25, 0.3) is 22.4 Å². The number of anilines is 1. The monoisotopic (exact) mass is 424 g/mol. The minimum Gasteiger partial charge on any atom is -0.373 e. The number of hydrogen-bond acceptors (Lipinski definition) is 4. The summed E-state index contributed by atoms with van der Waals surface area (Å²) in [6.07, 6.45) is 2.76. The minimum absolute atomic E-state index is 0.0287. The number of H-pyrrole nitrogens is 1. The van der Waals surface area contributed by atoms with Crippen LogP contribution in [0.2, 0.25) is 0 Å². The first-order valence-electron chi connectivity index (χ1n) is 9.97. The van der Waals surface area contributed by atoms with E-state index >= 15 is 0 Å². The van der Waals surface area contributed by atoms with Gasteiger partial charge in [-0.25, -0.2) is 23.1 Å². The SMILES string of the molecule is OC(Nc1ccc(F)cn1)C1(c2ccc(-c3nc4ccc(F)c(F)c4[nH]3)cc2)CCC1. The topological polar surface area (TPSA) is 73.8 Å². The average molecular weight is 424 g/mol. The van der Waals surface area contributed by atoms with Crippen molar-refractivity contribution in [1.29, 1.82) is 0 Å². The first-order chi connectivity index (χ1) is 15.0. The van der Waals surface area contributed by atoms with Gasteiger partial charge in [0.25, 0.3) is 0 Å². The predicted octanol–water partition coefficient (Wildman–Crippen LogP) is 4.89. The van der Waals surface area contributed by atoms with Crippen molar-refractivity contribution in [2.45, 2.75) is 30.9 Å². The van der Waals surface area contributed by atoms with Gasteiger partial charge in [0.15, 0.2) is 11.6 Å². The van der Waals surface area contributed by atoms with E-state index in [9.17, 15) is 18.3 Å². The number of rotatable bonds is 5. The third-order valence-corrected chi connectivity index (χ3v) is 6.06. The molecule has 2 aromatic carbocycles. The van der Waals surface area contributed by atoms with Gasteiger partial charge in [0.2, 0.25) is 0 Å². The normalized spacial score (nSPS) is 16.1. The van der Waals surface area contributed by atoms with Gasteiger partial charge in [0.1, 0.15) is 29.2 Å². The Balaban J connectivity index is 1.41. The molecule has 0 amide bonds. The number of aromatic amines is 1. The van der Waals surface area contributed by atoms with Crippen molar-refractivity contribution in [2.24, 2.45) is 0 Å². The van der Waals surface area contributed by atoms with Crippen molar-refractivity contribution >= 4 is 16.9 Å². The van der Waals surface area contributed by atoms with E-state index in [1.165, 1.54) is 18.2 Å². The Morgan fingerprint density at radius 1 is 1.00 bits per heavy atom. The zero-order valence-corrected chi connectivity index (χ0v) is 16.4. The van der Waals surface area contributed by atoms with Gasteiger partial charge in [-0.15, -0.1) is 0 Å². The molecule has 0 spiro atoms. The summed E-state index contributed by atoms with van der Waals surface area (Å²) in [5.74, 6) is -1.49. The Labute approximate surface area is 176 Å². The van der Waals surface area contributed by atoms with Gasteiger partial charge < -0.3 is 15.4 Å². The molecule has 0 bridgehead atoms. The number of imidazole rings is 1. The highest BCUT2D eigenvalue weighted by atomic mass is 19.2. The number of benzene rings is 2. The van der Waals surface area contributed by atoms with Crippen molar-refractivity contribution in [2.75, 3.05) is 5.32 Å². The molecule has 8 heteroatoms. The molecule has 1 atom stereocenters. The lowest BCUT2D eigenvalue weighted by Crippen LogP contribution is -2.49. The number of fused-ring (bicyclic) bond motifs is 1. The molecular weight excluding hydrogens is 405 g/mol. The second-order valence-corrected chi connectivity index (χ2v) is 7.84. The molecule has 2 aromatic heterocycles. The molecule has 1 unspecified atom stereocenters. The van der Waals surface area contributed by atoms with Crippen LogP contribution in [0.15, 0.2) is 54.7 Å². The molecule has 2 heterocycles. The van der Waals surface area contributed by atoms with Crippen LogP contribution in [0.5, 0.6) is 0 Å². The highest BCUT2D eigenvalue weighted by Gasteiger charge is 2.45. The number of halogens is 3.